The number of hydrogen-bond acceptors (Lipinski definition) is 5. The van der Waals surface area contributed by atoms with Crippen molar-refractivity contribution in [2.75, 3.05) is 26.9 Å². The molecule has 0 bridgehead atoms. The predicted molar refractivity (Wildman–Crippen MR) is 61.8 cm³/mol. The lowest BCUT2D eigenvalue weighted by Crippen LogP contribution is -2.35. The van der Waals surface area contributed by atoms with Crippen LogP contribution >= 0.6 is 0 Å². The Morgan fingerprint density at radius 2 is 2.35 bits per heavy atom. The second-order valence-corrected chi connectivity index (χ2v) is 4.67. The molecule has 17 heavy (non-hydrogen) atoms. The Balaban J connectivity index is 1.66. The monoisotopic (exact) mass is 243 g/mol. The number of nitrogens with one attached hydrogen (secondary N) is 1. The lowest BCUT2D eigenvalue weighted by Gasteiger charge is -2.22. The molecular formula is C12H21NO4. The van der Waals surface area contributed by atoms with Crippen molar-refractivity contribution in [3.8, 4) is 0 Å². The molecule has 0 aromatic carbocycles. The van der Waals surface area contributed by atoms with Gasteiger partial charge in [0.05, 0.1) is 12.2 Å². The van der Waals surface area contributed by atoms with Crippen LogP contribution in [0.4, 0.5) is 0 Å². The van der Waals surface area contributed by atoms with E-state index in [0.717, 1.165) is 32.4 Å². The second-order valence-electron chi connectivity index (χ2n) is 4.67. The molecule has 0 amide bonds. The molecule has 98 valence electrons. The molecule has 5 heteroatoms. The largest absolute Gasteiger partial charge is 0.462 e. The van der Waals surface area contributed by atoms with E-state index >= 15 is 0 Å². The molecular weight excluding hydrogens is 222 g/mol. The Bertz CT molecular complexity index is 253. The average Bonchev–Trinajstić information content (AvgIpc) is 2.86. The first-order valence-corrected chi connectivity index (χ1v) is 6.34. The van der Waals surface area contributed by atoms with E-state index in [9.17, 15) is 4.79 Å². The summed E-state index contributed by atoms with van der Waals surface area (Å²) in [6, 6.07) is -0.219. The molecule has 1 N–H and O–H groups in total. The van der Waals surface area contributed by atoms with Gasteiger partial charge in [0, 0.05) is 26.7 Å². The highest BCUT2D eigenvalue weighted by molar-refractivity contribution is 5.76. The maximum atomic E-state index is 11.8. The zero-order valence-corrected chi connectivity index (χ0v) is 10.3. The minimum absolute atomic E-state index is 0.0901. The van der Waals surface area contributed by atoms with Crippen LogP contribution in [0.25, 0.3) is 0 Å². The van der Waals surface area contributed by atoms with Crippen LogP contribution in [0, 0.1) is 0 Å². The zero-order chi connectivity index (χ0) is 12.1. The van der Waals surface area contributed by atoms with Crippen LogP contribution in [0.1, 0.15) is 25.7 Å². The highest BCUT2D eigenvalue weighted by Crippen LogP contribution is 2.14. The van der Waals surface area contributed by atoms with Crippen molar-refractivity contribution in [3.63, 3.8) is 0 Å². The van der Waals surface area contributed by atoms with Gasteiger partial charge in [-0.05, 0) is 19.3 Å². The number of methoxy groups -OCH3 is 1. The van der Waals surface area contributed by atoms with Gasteiger partial charge in [-0.25, -0.2) is 0 Å². The van der Waals surface area contributed by atoms with Gasteiger partial charge in [0.2, 0.25) is 0 Å². The molecule has 0 saturated carbocycles. The van der Waals surface area contributed by atoms with Crippen LogP contribution in [0.5, 0.6) is 0 Å². The Morgan fingerprint density at radius 1 is 1.47 bits per heavy atom. The van der Waals surface area contributed by atoms with Crippen LogP contribution in [-0.2, 0) is 19.0 Å². The SMILES string of the molecule is COC1CNC(C(=O)OCC2CCCCO2)C1. The van der Waals surface area contributed by atoms with Crippen LogP contribution in [-0.4, -0.2) is 51.1 Å². The minimum atomic E-state index is -0.219. The van der Waals surface area contributed by atoms with Crippen molar-refractivity contribution >= 4 is 5.97 Å². The number of hydrogen-bond donors (Lipinski definition) is 1. The third-order valence-electron chi connectivity index (χ3n) is 3.39. The minimum Gasteiger partial charge on any atom is -0.462 e. The van der Waals surface area contributed by atoms with E-state index in [0.29, 0.717) is 13.0 Å². The van der Waals surface area contributed by atoms with Crippen LogP contribution < -0.4 is 5.32 Å². The van der Waals surface area contributed by atoms with Gasteiger partial charge in [0.25, 0.3) is 0 Å². The Hall–Kier alpha value is -0.650. The van der Waals surface area contributed by atoms with Crippen molar-refractivity contribution in [2.24, 2.45) is 0 Å². The molecule has 0 aromatic rings. The van der Waals surface area contributed by atoms with E-state index in [1.165, 1.54) is 0 Å². The molecule has 3 atom stereocenters. The standard InChI is InChI=1S/C12H21NO4/c1-15-10-6-11(13-7-10)12(14)17-8-9-4-2-3-5-16-9/h9-11,13H,2-8H2,1H3. The molecule has 0 aromatic heterocycles. The first kappa shape index (κ1) is 12.8. The van der Waals surface area contributed by atoms with E-state index in [4.69, 9.17) is 14.2 Å². The van der Waals surface area contributed by atoms with Gasteiger partial charge in [-0.15, -0.1) is 0 Å². The number of carbonyl (C=O) groups is 1. The summed E-state index contributed by atoms with van der Waals surface area (Å²) in [4.78, 5) is 11.8. The maximum Gasteiger partial charge on any atom is 0.323 e. The van der Waals surface area contributed by atoms with Gasteiger partial charge in [0.15, 0.2) is 0 Å². The Labute approximate surface area is 102 Å². The fourth-order valence-electron chi connectivity index (χ4n) is 2.28. The molecule has 5 nitrogen and oxygen atoms in total. The fraction of sp³-hybridized carbons (Fsp3) is 0.917. The first-order chi connectivity index (χ1) is 8.29. The van der Waals surface area contributed by atoms with Crippen molar-refractivity contribution < 1.29 is 19.0 Å². The number of ether oxygens (including phenoxy) is 3. The highest BCUT2D eigenvalue weighted by Gasteiger charge is 2.31. The average molecular weight is 243 g/mol. The van der Waals surface area contributed by atoms with Gasteiger partial charge < -0.3 is 19.5 Å². The third kappa shape index (κ3) is 3.66. The summed E-state index contributed by atoms with van der Waals surface area (Å²) in [5, 5.41) is 3.10. The third-order valence-corrected chi connectivity index (χ3v) is 3.39. The van der Waals surface area contributed by atoms with E-state index in [-0.39, 0.29) is 24.2 Å². The summed E-state index contributed by atoms with van der Waals surface area (Å²) in [6.45, 7) is 1.89. The molecule has 0 aliphatic carbocycles. The number of carbonyl (C=O) groups excluding carboxylic acids is 1. The summed E-state index contributed by atoms with van der Waals surface area (Å²) in [6.07, 6.45) is 4.18. The van der Waals surface area contributed by atoms with E-state index in [1.54, 1.807) is 7.11 Å². The van der Waals surface area contributed by atoms with E-state index in [1.807, 2.05) is 0 Å². The fourth-order valence-corrected chi connectivity index (χ4v) is 2.28. The van der Waals surface area contributed by atoms with Crippen molar-refractivity contribution in [2.45, 2.75) is 43.9 Å². The molecule has 0 spiro atoms. The Kier molecular flexibility index (Phi) is 4.76. The summed E-state index contributed by atoms with van der Waals surface area (Å²) in [5.41, 5.74) is 0. The molecule has 2 fully saturated rings. The summed E-state index contributed by atoms with van der Waals surface area (Å²) in [5.74, 6) is -0.182. The zero-order valence-electron chi connectivity index (χ0n) is 10.3. The van der Waals surface area contributed by atoms with Gasteiger partial charge in [-0.3, -0.25) is 4.79 Å². The maximum absolute atomic E-state index is 11.8. The molecule has 2 aliphatic rings. The topological polar surface area (TPSA) is 56.8 Å². The van der Waals surface area contributed by atoms with Crippen LogP contribution in [0.2, 0.25) is 0 Å². The summed E-state index contributed by atoms with van der Waals surface area (Å²) < 4.78 is 16.0. The molecule has 0 radical (unpaired) electrons. The highest BCUT2D eigenvalue weighted by atomic mass is 16.6. The first-order valence-electron chi connectivity index (χ1n) is 6.34. The molecule has 2 rings (SSSR count). The van der Waals surface area contributed by atoms with Gasteiger partial charge >= 0.3 is 5.97 Å². The summed E-state index contributed by atoms with van der Waals surface area (Å²) in [7, 11) is 1.66. The van der Waals surface area contributed by atoms with Gasteiger partial charge in [-0.1, -0.05) is 0 Å². The smallest absolute Gasteiger partial charge is 0.323 e. The van der Waals surface area contributed by atoms with Crippen molar-refractivity contribution in [3.05, 3.63) is 0 Å². The van der Waals surface area contributed by atoms with Crippen molar-refractivity contribution in [1.82, 2.24) is 5.32 Å². The van der Waals surface area contributed by atoms with E-state index in [2.05, 4.69) is 5.32 Å². The van der Waals surface area contributed by atoms with Gasteiger partial charge in [-0.2, -0.15) is 0 Å². The van der Waals surface area contributed by atoms with Crippen LogP contribution in [0.15, 0.2) is 0 Å². The normalized spacial score (nSPS) is 33.6. The predicted octanol–water partition coefficient (Wildman–Crippen LogP) is 0.476. The quantitative estimate of drug-likeness (QED) is 0.728. The Morgan fingerprint density at radius 3 is 3.00 bits per heavy atom. The molecule has 2 saturated heterocycles. The number of rotatable bonds is 4. The molecule has 2 aliphatic heterocycles. The van der Waals surface area contributed by atoms with Crippen LogP contribution in [0.3, 0.4) is 0 Å². The number of esters is 1. The lowest BCUT2D eigenvalue weighted by molar-refractivity contribution is -0.151. The molecule has 2 heterocycles. The second kappa shape index (κ2) is 6.33. The van der Waals surface area contributed by atoms with Gasteiger partial charge in [0.1, 0.15) is 12.6 Å². The lowest BCUT2D eigenvalue weighted by atomic mass is 10.1. The van der Waals surface area contributed by atoms with Crippen molar-refractivity contribution in [1.29, 1.82) is 0 Å². The summed E-state index contributed by atoms with van der Waals surface area (Å²) >= 11 is 0. The molecule has 3 unspecified atom stereocenters. The van der Waals surface area contributed by atoms with E-state index < -0.39 is 0 Å².